The molecule has 0 amide bonds. The Hall–Kier alpha value is 4.05. The maximum absolute atomic E-state index is 0. The third-order valence-corrected chi connectivity index (χ3v) is 0. The first-order valence-electron chi connectivity index (χ1n) is 0. The summed E-state index contributed by atoms with van der Waals surface area (Å²) in [6, 6.07) is 0. The van der Waals surface area contributed by atoms with Gasteiger partial charge in [-0.1, -0.05) is 0 Å². The van der Waals surface area contributed by atoms with E-state index in [0.29, 0.717) is 0 Å². The molecule has 0 fully saturated rings. The standard InChI is InChI=1S/Ba.Bi.K.H2O.5H/h;;;1H2;;;;;/q+1;;;;;;;;/p-1. The molecule has 0 spiro atoms. The molecule has 0 aliphatic rings. The van der Waals surface area contributed by atoms with Crippen molar-refractivity contribution in [2.75, 3.05) is 0 Å². The molecule has 0 atom stereocenters. The van der Waals surface area contributed by atoms with Gasteiger partial charge in [0.05, 0.1) is 0 Å². The van der Waals surface area contributed by atoms with Gasteiger partial charge >= 0.3 is 126 Å². The smallest absolute Gasteiger partial charge is 0.870 e. The first kappa shape index (κ1) is 24.4. The summed E-state index contributed by atoms with van der Waals surface area (Å²) in [4.78, 5) is 0. The Labute approximate surface area is 128 Å². The van der Waals surface area contributed by atoms with Crippen LogP contribution in [0.3, 0.4) is 0 Å². The summed E-state index contributed by atoms with van der Waals surface area (Å²) in [5.41, 5.74) is 0. The van der Waals surface area contributed by atoms with E-state index in [4.69, 9.17) is 0 Å². The SMILES string of the molecule is [BaH+].[BiH3].[KH].[OH-]. The van der Waals surface area contributed by atoms with Gasteiger partial charge in [-0.05, 0) is 0 Å². The topological polar surface area (TPSA) is 30.0 Å². The summed E-state index contributed by atoms with van der Waals surface area (Å²) in [6.45, 7) is 0. The molecule has 0 radical (unpaired) electrons. The van der Waals surface area contributed by atoms with E-state index in [1.54, 1.807) is 0 Å². The first-order valence-corrected chi connectivity index (χ1v) is 0. The summed E-state index contributed by atoms with van der Waals surface area (Å²) in [6.07, 6.45) is 0. The molecule has 0 aliphatic heterocycles. The van der Waals surface area contributed by atoms with Crippen molar-refractivity contribution < 1.29 is 5.48 Å². The van der Waals surface area contributed by atoms with Gasteiger partial charge < -0.3 is 5.48 Å². The van der Waals surface area contributed by atoms with Gasteiger partial charge in [0.25, 0.3) is 0 Å². The van der Waals surface area contributed by atoms with Crippen LogP contribution in [-0.2, 0) is 0 Å². The zero-order chi connectivity index (χ0) is 0. The largest absolute Gasteiger partial charge is 0.870 e. The van der Waals surface area contributed by atoms with E-state index in [1.165, 1.54) is 0 Å². The van der Waals surface area contributed by atoms with Crippen molar-refractivity contribution >= 4 is 126 Å². The van der Waals surface area contributed by atoms with Crippen LogP contribution in [0.15, 0.2) is 0 Å². The molecule has 0 heterocycles. The summed E-state index contributed by atoms with van der Waals surface area (Å²) < 4.78 is 0. The number of rotatable bonds is 0. The maximum Gasteiger partial charge on any atom is -0.870 e. The molecule has 1 N–H and O–H groups in total. The number of hydrogen-bond donors (Lipinski definition) is 0. The fourth-order valence-electron chi connectivity index (χ4n) is 0. The third kappa shape index (κ3) is 9.41. The molecule has 4 heteroatoms. The van der Waals surface area contributed by atoms with Crippen molar-refractivity contribution in [1.82, 2.24) is 0 Å². The quantitative estimate of drug-likeness (QED) is 0.404. The Morgan fingerprint density at radius 3 is 1.00 bits per heavy atom. The molecule has 0 saturated heterocycles. The van der Waals surface area contributed by atoms with Crippen molar-refractivity contribution in [1.29, 1.82) is 0 Å². The van der Waals surface area contributed by atoms with Crippen LogP contribution in [0.25, 0.3) is 0 Å². The van der Waals surface area contributed by atoms with E-state index < -0.39 is 0 Å². The van der Waals surface area contributed by atoms with Gasteiger partial charge in [-0.3, -0.25) is 0 Å². The minimum atomic E-state index is 0. The molecule has 20 valence electrons. The number of hydrogen-bond acceptors (Lipinski definition) is 1. The molecule has 1 nitrogen and oxygen atoms in total. The van der Waals surface area contributed by atoms with Crippen LogP contribution in [0.1, 0.15) is 0 Å². The van der Waals surface area contributed by atoms with Crippen LogP contribution < -0.4 is 0 Å². The molecular formula is H6BaBiKO. The van der Waals surface area contributed by atoms with Crippen molar-refractivity contribution in [3.63, 3.8) is 0 Å². The Kier molecular flexibility index (Phi) is 95.9. The Bertz CT molecular complexity index is 8.00. The molecule has 0 rings (SSSR count). The Morgan fingerprint density at radius 1 is 1.00 bits per heavy atom. The molecule has 0 bridgehead atoms. The minimum Gasteiger partial charge on any atom is -0.870 e. The molecule has 0 aromatic heterocycles. The molecule has 4 heavy (non-hydrogen) atoms. The zero-order valence-corrected chi connectivity index (χ0v) is 13.9. The molecule has 0 unspecified atom stereocenters. The summed E-state index contributed by atoms with van der Waals surface area (Å²) >= 11 is 0. The van der Waals surface area contributed by atoms with Gasteiger partial charge in [0, 0.05) is 0 Å². The van der Waals surface area contributed by atoms with Crippen LogP contribution in [0.5, 0.6) is 0 Å². The van der Waals surface area contributed by atoms with Crippen LogP contribution >= 0.6 is 0 Å². The molecule has 0 saturated carbocycles. The van der Waals surface area contributed by atoms with Gasteiger partial charge in [0.2, 0.25) is 0 Å². The fourth-order valence-corrected chi connectivity index (χ4v) is 0. The summed E-state index contributed by atoms with van der Waals surface area (Å²) in [5.74, 6) is 0. The molecule has 0 aromatic carbocycles. The van der Waals surface area contributed by atoms with Crippen molar-refractivity contribution in [3.8, 4) is 0 Å². The second kappa shape index (κ2) is 15.7. The molecule has 0 aliphatic carbocycles. The van der Waals surface area contributed by atoms with Crippen molar-refractivity contribution in [2.24, 2.45) is 0 Å². The molecule has 0 aromatic rings. The predicted octanol–water partition coefficient (Wildman–Crippen LogP) is -2.66. The van der Waals surface area contributed by atoms with Crippen LogP contribution in [-0.4, -0.2) is 132 Å². The second-order valence-corrected chi connectivity index (χ2v) is 0. The van der Waals surface area contributed by atoms with E-state index in [-0.39, 0.29) is 132 Å². The Balaban J connectivity index is 0. The van der Waals surface area contributed by atoms with Crippen LogP contribution in [0.2, 0.25) is 0 Å². The van der Waals surface area contributed by atoms with Crippen LogP contribution in [0, 0.1) is 0 Å². The van der Waals surface area contributed by atoms with Gasteiger partial charge in [-0.15, -0.1) is 0 Å². The van der Waals surface area contributed by atoms with Gasteiger partial charge in [-0.25, -0.2) is 0 Å². The zero-order valence-electron chi connectivity index (χ0n) is 2.15. The fraction of sp³-hybridized carbons (Fsp3) is 0. The van der Waals surface area contributed by atoms with E-state index in [2.05, 4.69) is 0 Å². The third-order valence-electron chi connectivity index (χ3n) is 0. The first-order chi connectivity index (χ1) is 0. The van der Waals surface area contributed by atoms with E-state index in [1.807, 2.05) is 0 Å². The minimum absolute atomic E-state index is 0. The summed E-state index contributed by atoms with van der Waals surface area (Å²) in [5, 5.41) is 0. The van der Waals surface area contributed by atoms with Gasteiger partial charge in [0.15, 0.2) is 0 Å². The molecular weight excluding hydrogens is 401 g/mol. The average Bonchev–Trinajstić information content (AvgIpc) is 0. The van der Waals surface area contributed by atoms with Crippen molar-refractivity contribution in [2.45, 2.75) is 0 Å². The van der Waals surface area contributed by atoms with E-state index >= 15 is 0 Å². The van der Waals surface area contributed by atoms with E-state index in [9.17, 15) is 0 Å². The average molecular weight is 407 g/mol. The monoisotopic (exact) mass is 408 g/mol. The van der Waals surface area contributed by atoms with Gasteiger partial charge in [0.1, 0.15) is 0 Å². The normalized spacial score (nSPS) is 0. The maximum atomic E-state index is 0. The Morgan fingerprint density at radius 2 is 1.00 bits per heavy atom. The van der Waals surface area contributed by atoms with Gasteiger partial charge in [-0.2, -0.15) is 0 Å². The summed E-state index contributed by atoms with van der Waals surface area (Å²) in [7, 11) is 0. The second-order valence-electron chi connectivity index (χ2n) is 0. The van der Waals surface area contributed by atoms with Crippen molar-refractivity contribution in [3.05, 3.63) is 0 Å². The predicted molar refractivity (Wildman–Crippen MR) is 26.2 cm³/mol. The van der Waals surface area contributed by atoms with E-state index in [0.717, 1.165) is 0 Å². The van der Waals surface area contributed by atoms with Crippen LogP contribution in [0.4, 0.5) is 0 Å².